The third kappa shape index (κ3) is 2.78. The van der Waals surface area contributed by atoms with Gasteiger partial charge < -0.3 is 0 Å². The number of benzene rings is 1. The quantitative estimate of drug-likeness (QED) is 0.753. The van der Waals surface area contributed by atoms with Crippen molar-refractivity contribution in [3.05, 3.63) is 34.3 Å². The van der Waals surface area contributed by atoms with Crippen molar-refractivity contribution in [2.45, 2.75) is 50.9 Å². The molecule has 18 heavy (non-hydrogen) atoms. The molecule has 0 atom stereocenters. The van der Waals surface area contributed by atoms with E-state index in [1.165, 1.54) is 31.2 Å². The van der Waals surface area contributed by atoms with Crippen LogP contribution in [0.25, 0.3) is 0 Å². The molecular formula is C16H20BrN. The summed E-state index contributed by atoms with van der Waals surface area (Å²) in [5.74, 6) is 0.840. The highest BCUT2D eigenvalue weighted by atomic mass is 79.9. The number of nitrogens with zero attached hydrogens (tertiary/aromatic N) is 1. The van der Waals surface area contributed by atoms with Crippen LogP contribution in [-0.4, -0.2) is 0 Å². The van der Waals surface area contributed by atoms with Gasteiger partial charge in [0.2, 0.25) is 0 Å². The Kier molecular flexibility index (Phi) is 4.45. The summed E-state index contributed by atoms with van der Waals surface area (Å²) in [6.45, 7) is 2.25. The normalized spacial score (nSPS) is 27.7. The van der Waals surface area contributed by atoms with Gasteiger partial charge in [0, 0.05) is 4.47 Å². The molecule has 1 nitrogen and oxygen atoms in total. The zero-order valence-electron chi connectivity index (χ0n) is 11.0. The molecule has 0 saturated heterocycles. The molecule has 1 aromatic carbocycles. The minimum atomic E-state index is -0.231. The fourth-order valence-corrected chi connectivity index (χ4v) is 3.37. The molecule has 0 unspecified atom stereocenters. The van der Waals surface area contributed by atoms with E-state index in [0.29, 0.717) is 0 Å². The second kappa shape index (κ2) is 5.89. The summed E-state index contributed by atoms with van der Waals surface area (Å²) in [5, 5.41) is 9.62. The van der Waals surface area contributed by atoms with Crippen LogP contribution in [0.4, 0.5) is 0 Å². The molecule has 1 aliphatic carbocycles. The van der Waals surface area contributed by atoms with Gasteiger partial charge in [-0.3, -0.25) is 0 Å². The number of halogens is 1. The number of nitriles is 1. The topological polar surface area (TPSA) is 23.8 Å². The molecule has 0 bridgehead atoms. The fraction of sp³-hybridized carbons (Fsp3) is 0.562. The second-order valence-electron chi connectivity index (χ2n) is 5.43. The monoisotopic (exact) mass is 305 g/mol. The maximum absolute atomic E-state index is 9.62. The van der Waals surface area contributed by atoms with Gasteiger partial charge in [0.05, 0.1) is 11.5 Å². The van der Waals surface area contributed by atoms with E-state index in [-0.39, 0.29) is 5.41 Å². The second-order valence-corrected chi connectivity index (χ2v) is 6.35. The zero-order chi connectivity index (χ0) is 13.0. The molecule has 0 heterocycles. The van der Waals surface area contributed by atoms with Crippen molar-refractivity contribution < 1.29 is 0 Å². The molecule has 2 heteroatoms. The highest BCUT2D eigenvalue weighted by Crippen LogP contribution is 2.42. The molecule has 0 radical (unpaired) electrons. The Hall–Kier alpha value is -0.810. The lowest BCUT2D eigenvalue weighted by atomic mass is 9.67. The van der Waals surface area contributed by atoms with E-state index >= 15 is 0 Å². The van der Waals surface area contributed by atoms with Gasteiger partial charge in [0.15, 0.2) is 0 Å². The van der Waals surface area contributed by atoms with Crippen molar-refractivity contribution in [2.24, 2.45) is 5.92 Å². The molecule has 96 valence electrons. The van der Waals surface area contributed by atoms with Gasteiger partial charge in [-0.2, -0.15) is 5.26 Å². The van der Waals surface area contributed by atoms with E-state index in [4.69, 9.17) is 0 Å². The molecule has 0 aliphatic heterocycles. The predicted octanol–water partition coefficient (Wildman–Crippen LogP) is 5.20. The summed E-state index contributed by atoms with van der Waals surface area (Å²) in [6.07, 6.45) is 7.05. The van der Waals surface area contributed by atoms with E-state index < -0.39 is 0 Å². The SMILES string of the molecule is CCC[C@H]1CC[C@@](C#N)(c2ccc(Br)cc2)CC1. The van der Waals surface area contributed by atoms with Crippen LogP contribution >= 0.6 is 15.9 Å². The maximum atomic E-state index is 9.62. The zero-order valence-corrected chi connectivity index (χ0v) is 12.5. The van der Waals surface area contributed by atoms with Crippen LogP contribution in [0.1, 0.15) is 51.0 Å². The summed E-state index contributed by atoms with van der Waals surface area (Å²) in [6, 6.07) is 10.9. The minimum absolute atomic E-state index is 0.231. The van der Waals surface area contributed by atoms with Crippen LogP contribution in [0.5, 0.6) is 0 Å². The fourth-order valence-electron chi connectivity index (χ4n) is 3.10. The lowest BCUT2D eigenvalue weighted by molar-refractivity contribution is 0.265. The Morgan fingerprint density at radius 2 is 1.89 bits per heavy atom. The van der Waals surface area contributed by atoms with Crippen LogP contribution in [0.2, 0.25) is 0 Å². The van der Waals surface area contributed by atoms with Gasteiger partial charge >= 0.3 is 0 Å². The van der Waals surface area contributed by atoms with Gasteiger partial charge in [-0.05, 0) is 49.3 Å². The first-order chi connectivity index (χ1) is 8.70. The largest absolute Gasteiger partial charge is 0.197 e. The van der Waals surface area contributed by atoms with Crippen molar-refractivity contribution in [3.8, 4) is 6.07 Å². The van der Waals surface area contributed by atoms with Crippen LogP contribution in [-0.2, 0) is 5.41 Å². The van der Waals surface area contributed by atoms with Gasteiger partial charge in [-0.15, -0.1) is 0 Å². The van der Waals surface area contributed by atoms with Crippen LogP contribution in [0.3, 0.4) is 0 Å². The molecule has 2 rings (SSSR count). The third-order valence-corrected chi connectivity index (χ3v) is 4.80. The molecule has 1 aromatic rings. The molecule has 1 saturated carbocycles. The highest BCUT2D eigenvalue weighted by Gasteiger charge is 2.36. The number of rotatable bonds is 3. The van der Waals surface area contributed by atoms with Gasteiger partial charge in [-0.25, -0.2) is 0 Å². The van der Waals surface area contributed by atoms with E-state index in [2.05, 4.69) is 41.1 Å². The summed E-state index contributed by atoms with van der Waals surface area (Å²) in [5.41, 5.74) is 0.966. The van der Waals surface area contributed by atoms with Crippen molar-refractivity contribution in [1.82, 2.24) is 0 Å². The van der Waals surface area contributed by atoms with E-state index in [0.717, 1.165) is 23.2 Å². The molecule has 0 amide bonds. The van der Waals surface area contributed by atoms with Crippen molar-refractivity contribution >= 4 is 15.9 Å². The summed E-state index contributed by atoms with van der Waals surface area (Å²) < 4.78 is 1.08. The standard InChI is InChI=1S/C16H20BrN/c1-2-3-13-8-10-16(12-18,11-9-13)14-4-6-15(17)7-5-14/h4-7,13H,2-3,8-11H2,1H3/t13-,16+. The van der Waals surface area contributed by atoms with Crippen molar-refractivity contribution in [3.63, 3.8) is 0 Å². The Morgan fingerprint density at radius 1 is 1.28 bits per heavy atom. The van der Waals surface area contributed by atoms with E-state index in [9.17, 15) is 5.26 Å². The van der Waals surface area contributed by atoms with Gasteiger partial charge in [0.25, 0.3) is 0 Å². The molecule has 1 fully saturated rings. The third-order valence-electron chi connectivity index (χ3n) is 4.27. The first-order valence-electron chi connectivity index (χ1n) is 6.87. The molecule has 1 aliphatic rings. The molecule has 0 N–H and O–H groups in total. The number of hydrogen-bond donors (Lipinski definition) is 0. The van der Waals surface area contributed by atoms with Crippen LogP contribution in [0.15, 0.2) is 28.7 Å². The van der Waals surface area contributed by atoms with Crippen LogP contribution < -0.4 is 0 Å². The minimum Gasteiger partial charge on any atom is -0.197 e. The van der Waals surface area contributed by atoms with Crippen molar-refractivity contribution in [1.29, 1.82) is 5.26 Å². The first kappa shape index (κ1) is 13.6. The first-order valence-corrected chi connectivity index (χ1v) is 7.67. The van der Waals surface area contributed by atoms with Gasteiger partial charge in [0.1, 0.15) is 0 Å². The van der Waals surface area contributed by atoms with Gasteiger partial charge in [-0.1, -0.05) is 47.8 Å². The average molecular weight is 306 g/mol. The lowest BCUT2D eigenvalue weighted by Crippen LogP contribution is -2.30. The Morgan fingerprint density at radius 3 is 2.39 bits per heavy atom. The Bertz CT molecular complexity index is 421. The average Bonchev–Trinajstić information content (AvgIpc) is 2.41. The molecule has 0 spiro atoms. The van der Waals surface area contributed by atoms with E-state index in [1.54, 1.807) is 0 Å². The summed E-state index contributed by atoms with van der Waals surface area (Å²) in [4.78, 5) is 0. The maximum Gasteiger partial charge on any atom is 0.0822 e. The van der Waals surface area contributed by atoms with E-state index in [1.807, 2.05) is 12.1 Å². The number of hydrogen-bond acceptors (Lipinski definition) is 1. The predicted molar refractivity (Wildman–Crippen MR) is 78.3 cm³/mol. The van der Waals surface area contributed by atoms with Crippen molar-refractivity contribution in [2.75, 3.05) is 0 Å². The Labute approximate surface area is 118 Å². The Balaban J connectivity index is 2.14. The summed E-state index contributed by atoms with van der Waals surface area (Å²) in [7, 11) is 0. The smallest absolute Gasteiger partial charge is 0.0822 e. The lowest BCUT2D eigenvalue weighted by Gasteiger charge is -2.35. The molecular weight excluding hydrogens is 286 g/mol. The van der Waals surface area contributed by atoms with Crippen LogP contribution in [0, 0.1) is 17.2 Å². The highest BCUT2D eigenvalue weighted by molar-refractivity contribution is 9.10. The summed E-state index contributed by atoms with van der Waals surface area (Å²) >= 11 is 3.46. The molecule has 0 aromatic heterocycles.